The van der Waals surface area contributed by atoms with Crippen LogP contribution in [0.3, 0.4) is 0 Å². The summed E-state index contributed by atoms with van der Waals surface area (Å²) in [6.45, 7) is 1.00. The molecule has 8 heteroatoms. The molecule has 0 fully saturated rings. The van der Waals surface area contributed by atoms with Gasteiger partial charge in [0.2, 0.25) is 8.46 Å². The Bertz CT molecular complexity index is 269. The molecule has 1 unspecified atom stereocenters. The highest BCUT2D eigenvalue weighted by Gasteiger charge is 2.28. The molecule has 0 saturated carbocycles. The van der Waals surface area contributed by atoms with Gasteiger partial charge in [0.15, 0.2) is 0 Å². The van der Waals surface area contributed by atoms with Gasteiger partial charge >= 0.3 is 21.3 Å². The zero-order valence-electron chi connectivity index (χ0n) is 6.38. The summed E-state index contributed by atoms with van der Waals surface area (Å²) < 4.78 is 39.9. The maximum Gasteiger partial charge on any atom is 0.317 e. The van der Waals surface area contributed by atoms with Crippen LogP contribution in [0.25, 0.3) is 0 Å². The maximum atomic E-state index is 10.8. The second-order valence-corrected chi connectivity index (χ2v) is 4.46. The Balaban J connectivity index is 4.57. The van der Waals surface area contributed by atoms with Gasteiger partial charge in [0.05, 0.1) is 7.11 Å². The minimum Gasteiger partial charge on any atom is -0.431 e. The molecule has 0 aromatic rings. The molecular weight excluding hydrogens is 207 g/mol. The fourth-order valence-corrected chi connectivity index (χ4v) is 1.65. The predicted octanol–water partition coefficient (Wildman–Crippen LogP) is 0.101. The van der Waals surface area contributed by atoms with Gasteiger partial charge in [-0.15, -0.1) is 0 Å². The molecule has 0 aliphatic carbocycles. The minimum absolute atomic E-state index is 0.841. The lowest BCUT2D eigenvalue weighted by Gasteiger charge is -2.07. The number of esters is 1. The smallest absolute Gasteiger partial charge is 0.317 e. The summed E-state index contributed by atoms with van der Waals surface area (Å²) in [5.74, 6) is -0.844. The summed E-state index contributed by atoms with van der Waals surface area (Å²) >= 11 is 0. The van der Waals surface area contributed by atoms with E-state index in [1.807, 2.05) is 0 Å². The summed E-state index contributed by atoms with van der Waals surface area (Å²) in [5, 5.41) is -1.78. The van der Waals surface area contributed by atoms with E-state index in [0.717, 1.165) is 14.0 Å². The molecule has 0 bridgehead atoms. The molecule has 0 N–H and O–H groups in total. The lowest BCUT2D eigenvalue weighted by atomic mass is 10.8. The van der Waals surface area contributed by atoms with Crippen molar-refractivity contribution in [2.45, 2.75) is 12.1 Å². The van der Waals surface area contributed by atoms with Crippen molar-refractivity contribution in [2.24, 2.45) is 0 Å². The number of carbonyl (C=O) groups excluding carboxylic acids is 1. The molecule has 0 heterocycles. The third-order valence-electron chi connectivity index (χ3n) is 0.832. The fraction of sp³-hybridized carbons (Fsp3) is 0.750. The van der Waals surface area contributed by atoms with E-state index in [-0.39, 0.29) is 0 Å². The highest BCUT2D eigenvalue weighted by molar-refractivity contribution is 7.91. The Morgan fingerprint density at radius 1 is 1.50 bits per heavy atom. The summed E-state index contributed by atoms with van der Waals surface area (Å²) in [7, 11) is -4.03. The van der Waals surface area contributed by atoms with Crippen LogP contribution in [0.5, 0.6) is 0 Å². The van der Waals surface area contributed by atoms with Gasteiger partial charge in [0, 0.05) is 6.92 Å². The Kier molecular flexibility index (Phi) is 4.30. The van der Waals surface area contributed by atoms with Gasteiger partial charge in [-0.2, -0.15) is 8.42 Å². The molecular formula is C4H7O6PS. The van der Waals surface area contributed by atoms with Crippen LogP contribution in [-0.2, 0) is 28.4 Å². The number of hydrogen-bond donors (Lipinski definition) is 0. The summed E-state index contributed by atoms with van der Waals surface area (Å²) in [4.78, 5) is 10.3. The van der Waals surface area contributed by atoms with E-state index in [1.54, 1.807) is 0 Å². The first-order valence-corrected chi connectivity index (χ1v) is 5.08. The highest BCUT2D eigenvalue weighted by Crippen LogP contribution is 2.16. The molecule has 0 saturated heterocycles. The fourth-order valence-electron chi connectivity index (χ4n) is 0.357. The molecule has 0 aliphatic heterocycles. The van der Waals surface area contributed by atoms with Crippen molar-refractivity contribution < 1.29 is 26.7 Å². The van der Waals surface area contributed by atoms with Gasteiger partial charge in [-0.05, 0) is 0 Å². The van der Waals surface area contributed by atoms with Crippen molar-refractivity contribution in [1.82, 2.24) is 0 Å². The van der Waals surface area contributed by atoms with Crippen LogP contribution in [0.2, 0.25) is 0 Å². The third kappa shape index (κ3) is 3.25. The van der Waals surface area contributed by atoms with E-state index in [9.17, 15) is 17.8 Å². The second-order valence-electron chi connectivity index (χ2n) is 1.68. The van der Waals surface area contributed by atoms with Crippen LogP contribution < -0.4 is 0 Å². The second kappa shape index (κ2) is 4.49. The van der Waals surface area contributed by atoms with Gasteiger partial charge in [-0.3, -0.25) is 13.5 Å². The summed E-state index contributed by atoms with van der Waals surface area (Å²) in [6.07, 6.45) is 0. The Morgan fingerprint density at radius 3 is 2.25 bits per heavy atom. The van der Waals surface area contributed by atoms with Crippen LogP contribution in [0.15, 0.2) is 0 Å². The first kappa shape index (κ1) is 11.5. The lowest BCUT2D eigenvalue weighted by molar-refractivity contribution is -0.140. The van der Waals surface area contributed by atoms with Crippen molar-refractivity contribution in [3.05, 3.63) is 0 Å². The Hall–Kier alpha value is -0.520. The molecule has 12 heavy (non-hydrogen) atoms. The maximum absolute atomic E-state index is 10.8. The van der Waals surface area contributed by atoms with E-state index in [2.05, 4.69) is 8.92 Å². The molecule has 1 atom stereocenters. The Morgan fingerprint density at radius 2 is 2.00 bits per heavy atom. The van der Waals surface area contributed by atoms with Gasteiger partial charge < -0.3 is 4.74 Å². The quantitative estimate of drug-likeness (QED) is 0.374. The average molecular weight is 214 g/mol. The lowest BCUT2D eigenvalue weighted by Crippen LogP contribution is -2.22. The zero-order valence-corrected chi connectivity index (χ0v) is 8.09. The molecule has 6 nitrogen and oxygen atoms in total. The normalized spacial score (nSPS) is 14.2. The van der Waals surface area contributed by atoms with Crippen LogP contribution in [0.1, 0.15) is 6.92 Å². The first-order valence-electron chi connectivity index (χ1n) is 2.73. The Labute approximate surface area is 71.2 Å². The largest absolute Gasteiger partial charge is 0.431 e. The molecule has 0 aromatic carbocycles. The zero-order chi connectivity index (χ0) is 9.78. The van der Waals surface area contributed by atoms with Crippen LogP contribution in [-0.4, -0.2) is 26.7 Å². The SMILES string of the molecule is COS(=O)(=O)C(OC(C)=O)P=O. The van der Waals surface area contributed by atoms with E-state index in [0.29, 0.717) is 0 Å². The number of rotatable bonds is 4. The topological polar surface area (TPSA) is 86.7 Å². The first-order chi connectivity index (χ1) is 5.44. The van der Waals surface area contributed by atoms with Crippen molar-refractivity contribution in [2.75, 3.05) is 7.11 Å². The molecule has 0 rings (SSSR count). The standard InChI is InChI=1S/C4H7O6PS/c1-3(5)10-4(11-6)12(7,8)9-2/h4H,1-2H3. The van der Waals surface area contributed by atoms with Gasteiger partial charge in [0.1, 0.15) is 0 Å². The minimum atomic E-state index is -4.07. The summed E-state index contributed by atoms with van der Waals surface area (Å²) in [5.41, 5.74) is 0. The van der Waals surface area contributed by atoms with Crippen LogP contribution in [0, 0.1) is 0 Å². The average Bonchev–Trinajstić information content (AvgIpc) is 1.99. The van der Waals surface area contributed by atoms with Crippen molar-refractivity contribution in [3.8, 4) is 0 Å². The molecule has 0 spiro atoms. The highest BCUT2D eigenvalue weighted by atomic mass is 32.2. The third-order valence-corrected chi connectivity index (χ3v) is 3.20. The molecule has 0 aliphatic rings. The van der Waals surface area contributed by atoms with Crippen LogP contribution >= 0.6 is 8.46 Å². The van der Waals surface area contributed by atoms with Gasteiger partial charge in [-0.1, -0.05) is 0 Å². The number of hydrogen-bond acceptors (Lipinski definition) is 6. The monoisotopic (exact) mass is 214 g/mol. The van der Waals surface area contributed by atoms with E-state index in [4.69, 9.17) is 0 Å². The van der Waals surface area contributed by atoms with Crippen LogP contribution in [0.4, 0.5) is 0 Å². The number of carbonyl (C=O) groups is 1. The summed E-state index contributed by atoms with van der Waals surface area (Å²) in [6, 6.07) is 0. The number of ether oxygens (including phenoxy) is 1. The van der Waals surface area contributed by atoms with E-state index < -0.39 is 29.7 Å². The van der Waals surface area contributed by atoms with Gasteiger partial charge in [-0.25, -0.2) is 0 Å². The van der Waals surface area contributed by atoms with Gasteiger partial charge in [0.25, 0.3) is 0 Å². The van der Waals surface area contributed by atoms with Crippen molar-refractivity contribution in [1.29, 1.82) is 0 Å². The van der Waals surface area contributed by atoms with E-state index >= 15 is 0 Å². The van der Waals surface area contributed by atoms with E-state index in [1.165, 1.54) is 0 Å². The predicted molar refractivity (Wildman–Crippen MR) is 39.1 cm³/mol. The molecule has 0 aromatic heterocycles. The van der Waals surface area contributed by atoms with Crippen molar-refractivity contribution >= 4 is 24.5 Å². The van der Waals surface area contributed by atoms with Crippen molar-refractivity contribution in [3.63, 3.8) is 0 Å². The molecule has 0 radical (unpaired) electrons. The molecule has 70 valence electrons. The molecule has 0 amide bonds.